The molecule has 7 nitrogen and oxygen atoms in total. The van der Waals surface area contributed by atoms with E-state index in [1.165, 1.54) is 11.3 Å². The highest BCUT2D eigenvalue weighted by Gasteiger charge is 2.19. The fourth-order valence-corrected chi connectivity index (χ4v) is 4.34. The van der Waals surface area contributed by atoms with Crippen molar-refractivity contribution in [3.63, 3.8) is 0 Å². The van der Waals surface area contributed by atoms with Gasteiger partial charge in [0, 0.05) is 34.5 Å². The number of hydrogen-bond donors (Lipinski definition) is 2. The molecule has 3 aromatic rings. The van der Waals surface area contributed by atoms with Crippen LogP contribution in [0.4, 0.5) is 5.69 Å². The Morgan fingerprint density at radius 1 is 1.09 bits per heavy atom. The number of unbranched alkanes of at least 4 members (excludes halogenated alkanes) is 2. The fourth-order valence-electron chi connectivity index (χ4n) is 3.33. The van der Waals surface area contributed by atoms with Gasteiger partial charge in [0.25, 0.3) is 0 Å². The maximum atomic E-state index is 13.1. The van der Waals surface area contributed by atoms with Crippen LogP contribution in [0.2, 0.25) is 5.02 Å². The molecule has 0 aliphatic rings. The number of ether oxygens (including phenoxy) is 1. The number of hydroxylamine groups is 1. The Bertz CT molecular complexity index is 1070. The van der Waals surface area contributed by atoms with Crippen molar-refractivity contribution in [2.45, 2.75) is 38.6 Å². The molecular weight excluding hydrogens is 462 g/mol. The van der Waals surface area contributed by atoms with Crippen molar-refractivity contribution < 1.29 is 19.5 Å². The molecule has 0 atom stereocenters. The fraction of sp³-hybridized carbons (Fsp3) is 0.292. The summed E-state index contributed by atoms with van der Waals surface area (Å²) in [5.74, 6) is 0.268. The number of nitrogens with zero attached hydrogens (tertiary/aromatic N) is 2. The average molecular weight is 488 g/mol. The van der Waals surface area contributed by atoms with Crippen LogP contribution in [-0.4, -0.2) is 29.1 Å². The first kappa shape index (κ1) is 24.7. The van der Waals surface area contributed by atoms with E-state index >= 15 is 0 Å². The lowest BCUT2D eigenvalue weighted by Gasteiger charge is -2.22. The monoisotopic (exact) mass is 487 g/mol. The predicted octanol–water partition coefficient (Wildman–Crippen LogP) is 5.46. The second-order valence-corrected chi connectivity index (χ2v) is 8.73. The second kappa shape index (κ2) is 12.3. The summed E-state index contributed by atoms with van der Waals surface area (Å²) in [6.07, 6.45) is 2.54. The van der Waals surface area contributed by atoms with E-state index in [9.17, 15) is 9.59 Å². The van der Waals surface area contributed by atoms with Crippen LogP contribution < -0.4 is 15.1 Å². The van der Waals surface area contributed by atoms with E-state index in [0.717, 1.165) is 22.0 Å². The minimum Gasteiger partial charge on any atom is -0.497 e. The summed E-state index contributed by atoms with van der Waals surface area (Å²) in [4.78, 5) is 30.7. The zero-order valence-corrected chi connectivity index (χ0v) is 19.9. The van der Waals surface area contributed by atoms with Crippen LogP contribution in [0, 0.1) is 0 Å². The summed E-state index contributed by atoms with van der Waals surface area (Å²) in [6.45, 7) is 0.340. The van der Waals surface area contributed by atoms with Crippen LogP contribution in [0.25, 0.3) is 11.3 Å². The normalized spacial score (nSPS) is 10.6. The molecule has 33 heavy (non-hydrogen) atoms. The van der Waals surface area contributed by atoms with Gasteiger partial charge in [0.15, 0.2) is 0 Å². The lowest BCUT2D eigenvalue weighted by molar-refractivity contribution is -0.129. The molecule has 0 spiro atoms. The van der Waals surface area contributed by atoms with E-state index in [2.05, 4.69) is 0 Å². The molecule has 0 fully saturated rings. The second-order valence-electron chi connectivity index (χ2n) is 7.38. The Hall–Kier alpha value is -2.94. The number of benzene rings is 2. The molecule has 174 valence electrons. The highest BCUT2D eigenvalue weighted by atomic mass is 35.5. The molecule has 1 heterocycles. The molecule has 0 bridgehead atoms. The van der Waals surface area contributed by atoms with Gasteiger partial charge in [-0.2, -0.15) is 0 Å². The van der Waals surface area contributed by atoms with E-state index < -0.39 is 5.91 Å². The van der Waals surface area contributed by atoms with Crippen molar-refractivity contribution >= 4 is 40.4 Å². The third kappa shape index (κ3) is 7.02. The average Bonchev–Trinajstić information content (AvgIpc) is 3.30. The van der Waals surface area contributed by atoms with Crippen molar-refractivity contribution in [1.82, 2.24) is 10.5 Å². The molecular formula is C24H26ClN3O4S. The number of nitrogens with one attached hydrogen (secondary N) is 1. The van der Waals surface area contributed by atoms with Gasteiger partial charge in [0.05, 0.1) is 19.3 Å². The van der Waals surface area contributed by atoms with Crippen LogP contribution in [0.15, 0.2) is 53.9 Å². The van der Waals surface area contributed by atoms with Crippen molar-refractivity contribution in [2.75, 3.05) is 12.0 Å². The SMILES string of the molecule is COc1ccc(N(Cc2nc(-c3ccccc3Cl)cs2)C(=O)CCCCCC(=O)NO)cc1. The predicted molar refractivity (Wildman–Crippen MR) is 130 cm³/mol. The van der Waals surface area contributed by atoms with Crippen molar-refractivity contribution in [3.8, 4) is 17.0 Å². The number of carbonyl (C=O) groups is 2. The smallest absolute Gasteiger partial charge is 0.243 e. The molecule has 2 amide bonds. The van der Waals surface area contributed by atoms with E-state index in [0.29, 0.717) is 43.0 Å². The molecule has 0 unspecified atom stereocenters. The standard InChI is InChI=1S/C24H26ClN3O4S/c1-32-18-13-11-17(12-14-18)28(24(30)10-4-2-3-9-22(29)27-31)15-23-26-21(16-33-23)19-7-5-6-8-20(19)25/h5-8,11-14,16,31H,2-4,9-10,15H2,1H3,(H,27,29). The van der Waals surface area contributed by atoms with Crippen LogP contribution in [0.1, 0.15) is 37.1 Å². The van der Waals surface area contributed by atoms with Crippen molar-refractivity contribution in [1.29, 1.82) is 0 Å². The quantitative estimate of drug-likeness (QED) is 0.213. The van der Waals surface area contributed by atoms with E-state index in [1.807, 2.05) is 53.9 Å². The number of methoxy groups -OCH3 is 1. The Kier molecular flexibility index (Phi) is 9.24. The largest absolute Gasteiger partial charge is 0.497 e. The number of hydrogen-bond acceptors (Lipinski definition) is 6. The summed E-state index contributed by atoms with van der Waals surface area (Å²) in [7, 11) is 1.60. The summed E-state index contributed by atoms with van der Waals surface area (Å²) < 4.78 is 5.23. The molecule has 0 saturated heterocycles. The van der Waals surface area contributed by atoms with Crippen LogP contribution in [-0.2, 0) is 16.1 Å². The molecule has 9 heteroatoms. The number of aromatic nitrogens is 1. The maximum Gasteiger partial charge on any atom is 0.243 e. The molecule has 0 aliphatic heterocycles. The van der Waals surface area contributed by atoms with Gasteiger partial charge in [-0.05, 0) is 43.2 Å². The molecule has 2 N–H and O–H groups in total. The van der Waals surface area contributed by atoms with Crippen LogP contribution in [0.5, 0.6) is 5.75 Å². The molecule has 3 rings (SSSR count). The minimum atomic E-state index is -0.417. The Morgan fingerprint density at radius 2 is 1.82 bits per heavy atom. The maximum absolute atomic E-state index is 13.1. The Balaban J connectivity index is 1.71. The van der Waals surface area contributed by atoms with Gasteiger partial charge >= 0.3 is 0 Å². The summed E-state index contributed by atoms with van der Waals surface area (Å²) in [5.41, 5.74) is 4.02. The van der Waals surface area contributed by atoms with E-state index in [1.54, 1.807) is 17.5 Å². The zero-order chi connectivity index (χ0) is 23.6. The first-order valence-corrected chi connectivity index (χ1v) is 11.8. The number of anilines is 1. The van der Waals surface area contributed by atoms with Crippen molar-refractivity contribution in [3.05, 3.63) is 63.9 Å². The van der Waals surface area contributed by atoms with E-state index in [4.69, 9.17) is 26.5 Å². The third-order valence-electron chi connectivity index (χ3n) is 5.10. The first-order valence-electron chi connectivity index (χ1n) is 10.6. The topological polar surface area (TPSA) is 91.8 Å². The van der Waals surface area contributed by atoms with Gasteiger partial charge in [-0.1, -0.05) is 36.2 Å². The zero-order valence-electron chi connectivity index (χ0n) is 18.3. The lowest BCUT2D eigenvalue weighted by Crippen LogP contribution is -2.30. The lowest BCUT2D eigenvalue weighted by atomic mass is 10.1. The van der Waals surface area contributed by atoms with Crippen LogP contribution >= 0.6 is 22.9 Å². The van der Waals surface area contributed by atoms with Gasteiger partial charge in [-0.3, -0.25) is 14.8 Å². The number of rotatable bonds is 11. The van der Waals surface area contributed by atoms with Crippen LogP contribution in [0.3, 0.4) is 0 Å². The number of thiazole rings is 1. The van der Waals surface area contributed by atoms with Crippen molar-refractivity contribution in [2.24, 2.45) is 0 Å². The molecule has 1 aromatic heterocycles. The summed E-state index contributed by atoms with van der Waals surface area (Å²) in [6, 6.07) is 14.9. The van der Waals surface area contributed by atoms with Gasteiger partial charge in [0.2, 0.25) is 11.8 Å². The number of carbonyl (C=O) groups excluding carboxylic acids is 2. The summed E-state index contributed by atoms with van der Waals surface area (Å²) >= 11 is 7.79. The van der Waals surface area contributed by atoms with E-state index in [-0.39, 0.29) is 12.3 Å². The first-order chi connectivity index (χ1) is 16.0. The molecule has 0 saturated carbocycles. The van der Waals surface area contributed by atoms with Gasteiger partial charge in [0.1, 0.15) is 10.8 Å². The van der Waals surface area contributed by atoms with Gasteiger partial charge in [-0.25, -0.2) is 10.5 Å². The minimum absolute atomic E-state index is 0.0266. The highest BCUT2D eigenvalue weighted by Crippen LogP contribution is 2.30. The Morgan fingerprint density at radius 3 is 2.52 bits per heavy atom. The van der Waals surface area contributed by atoms with Gasteiger partial charge < -0.3 is 9.64 Å². The molecule has 2 aromatic carbocycles. The molecule has 0 aliphatic carbocycles. The highest BCUT2D eigenvalue weighted by molar-refractivity contribution is 7.10. The number of halogens is 1. The van der Waals surface area contributed by atoms with Gasteiger partial charge in [-0.15, -0.1) is 11.3 Å². The third-order valence-corrected chi connectivity index (χ3v) is 6.26. The summed E-state index contributed by atoms with van der Waals surface area (Å²) in [5, 5.41) is 11.9. The number of amides is 2. The molecule has 0 radical (unpaired) electrons. The Labute approximate surface area is 201 Å².